The van der Waals surface area contributed by atoms with Gasteiger partial charge in [0.15, 0.2) is 0 Å². The lowest BCUT2D eigenvalue weighted by Gasteiger charge is -2.28. The third-order valence-corrected chi connectivity index (χ3v) is 5.38. The Bertz CT molecular complexity index is 668. The van der Waals surface area contributed by atoms with Gasteiger partial charge in [0.05, 0.1) is 17.9 Å². The van der Waals surface area contributed by atoms with E-state index in [1.54, 1.807) is 13.0 Å². The van der Waals surface area contributed by atoms with Crippen molar-refractivity contribution in [3.8, 4) is 0 Å². The highest BCUT2D eigenvalue weighted by molar-refractivity contribution is 5.90. The highest BCUT2D eigenvalue weighted by Crippen LogP contribution is 2.31. The Labute approximate surface area is 159 Å². The summed E-state index contributed by atoms with van der Waals surface area (Å²) in [7, 11) is 0. The van der Waals surface area contributed by atoms with E-state index in [0.29, 0.717) is 11.5 Å². The molecule has 3 atom stereocenters. The van der Waals surface area contributed by atoms with Crippen molar-refractivity contribution >= 4 is 11.8 Å². The Kier molecular flexibility index (Phi) is 6.16. The van der Waals surface area contributed by atoms with Crippen LogP contribution in [0.2, 0.25) is 0 Å². The number of nitrogens with zero attached hydrogens (tertiary/aromatic N) is 2. The molecule has 1 aliphatic carbocycles. The Morgan fingerprint density at radius 2 is 2.07 bits per heavy atom. The summed E-state index contributed by atoms with van der Waals surface area (Å²) in [6.45, 7) is 5.76. The maximum absolute atomic E-state index is 13.2. The van der Waals surface area contributed by atoms with Crippen LogP contribution in [0.5, 0.6) is 0 Å². The number of hydroxylamine groups is 1. The monoisotopic (exact) mass is 379 g/mol. The van der Waals surface area contributed by atoms with Gasteiger partial charge in [0.1, 0.15) is 17.7 Å². The molecule has 1 saturated heterocycles. The standard InChI is InChI=1S/C19H29N3O5/c1-11(2)17(16-8-12(3)20-27-16)19(25)22-10-13(23)9-15(22)18(24)21-26-14-6-4-5-7-14/h8,11,13-15,17,23H,4-7,9-10H2,1-3H3,(H,21,24). The zero-order valence-electron chi connectivity index (χ0n) is 16.2. The number of rotatable bonds is 6. The first kappa shape index (κ1) is 19.8. The lowest BCUT2D eigenvalue weighted by molar-refractivity contribution is -0.149. The summed E-state index contributed by atoms with van der Waals surface area (Å²) in [5.41, 5.74) is 3.20. The lowest BCUT2D eigenvalue weighted by Crippen LogP contribution is -2.48. The van der Waals surface area contributed by atoms with E-state index < -0.39 is 18.1 Å². The molecule has 0 bridgehead atoms. The van der Waals surface area contributed by atoms with Crippen molar-refractivity contribution < 1.29 is 24.1 Å². The van der Waals surface area contributed by atoms with Crippen molar-refractivity contribution in [1.29, 1.82) is 0 Å². The van der Waals surface area contributed by atoms with Crippen LogP contribution in [0.15, 0.2) is 10.6 Å². The van der Waals surface area contributed by atoms with Crippen molar-refractivity contribution in [2.75, 3.05) is 6.54 Å². The first-order valence-electron chi connectivity index (χ1n) is 9.74. The van der Waals surface area contributed by atoms with Gasteiger partial charge in [-0.2, -0.15) is 0 Å². The molecular formula is C19H29N3O5. The SMILES string of the molecule is Cc1cc(C(C(=O)N2CC(O)CC2C(=O)NOC2CCCC2)C(C)C)on1. The molecule has 1 aromatic rings. The number of β-amino-alcohol motifs (C(OH)–C–C–N with tert-alkyl or cyclic N) is 1. The van der Waals surface area contributed by atoms with Crippen LogP contribution in [0, 0.1) is 12.8 Å². The van der Waals surface area contributed by atoms with E-state index in [4.69, 9.17) is 9.36 Å². The van der Waals surface area contributed by atoms with E-state index in [0.717, 1.165) is 25.7 Å². The largest absolute Gasteiger partial charge is 0.391 e. The zero-order chi connectivity index (χ0) is 19.6. The third-order valence-electron chi connectivity index (χ3n) is 5.38. The van der Waals surface area contributed by atoms with Gasteiger partial charge in [-0.15, -0.1) is 0 Å². The van der Waals surface area contributed by atoms with E-state index in [2.05, 4.69) is 10.6 Å². The number of carbonyl (C=O) groups is 2. The molecule has 150 valence electrons. The van der Waals surface area contributed by atoms with E-state index in [9.17, 15) is 14.7 Å². The summed E-state index contributed by atoms with van der Waals surface area (Å²) in [4.78, 5) is 32.8. The summed E-state index contributed by atoms with van der Waals surface area (Å²) in [5, 5.41) is 14.0. The van der Waals surface area contributed by atoms with Gasteiger partial charge in [0.25, 0.3) is 5.91 Å². The van der Waals surface area contributed by atoms with Gasteiger partial charge < -0.3 is 14.5 Å². The Balaban J connectivity index is 1.71. The normalized spacial score (nSPS) is 24.6. The van der Waals surface area contributed by atoms with Gasteiger partial charge >= 0.3 is 0 Å². The second-order valence-corrected chi connectivity index (χ2v) is 7.98. The molecule has 3 unspecified atom stereocenters. The summed E-state index contributed by atoms with van der Waals surface area (Å²) < 4.78 is 5.32. The van der Waals surface area contributed by atoms with Crippen LogP contribution >= 0.6 is 0 Å². The molecule has 8 nitrogen and oxygen atoms in total. The molecule has 2 heterocycles. The molecule has 0 radical (unpaired) electrons. The van der Waals surface area contributed by atoms with Crippen molar-refractivity contribution in [2.24, 2.45) is 5.92 Å². The molecule has 0 spiro atoms. The minimum absolute atomic E-state index is 0.0324. The predicted octanol–water partition coefficient (Wildman–Crippen LogP) is 1.67. The predicted molar refractivity (Wildman–Crippen MR) is 96.4 cm³/mol. The van der Waals surface area contributed by atoms with Crippen molar-refractivity contribution in [1.82, 2.24) is 15.5 Å². The molecule has 2 N–H and O–H groups in total. The molecule has 2 amide bonds. The van der Waals surface area contributed by atoms with Gasteiger partial charge in [-0.25, -0.2) is 5.48 Å². The Hall–Kier alpha value is -1.93. The average Bonchev–Trinajstić information content (AvgIpc) is 3.34. The quantitative estimate of drug-likeness (QED) is 0.729. The number of aliphatic hydroxyl groups excluding tert-OH is 1. The topological polar surface area (TPSA) is 105 Å². The molecule has 0 aromatic carbocycles. The van der Waals surface area contributed by atoms with E-state index in [1.165, 1.54) is 4.90 Å². The fourth-order valence-corrected chi connectivity index (χ4v) is 3.97. The Morgan fingerprint density at radius 1 is 1.37 bits per heavy atom. The maximum atomic E-state index is 13.2. The third kappa shape index (κ3) is 4.50. The van der Waals surface area contributed by atoms with Gasteiger partial charge in [0, 0.05) is 19.0 Å². The van der Waals surface area contributed by atoms with Gasteiger partial charge in [0.2, 0.25) is 5.91 Å². The Morgan fingerprint density at radius 3 is 2.67 bits per heavy atom. The lowest BCUT2D eigenvalue weighted by atomic mass is 9.91. The molecule has 1 saturated carbocycles. The fourth-order valence-electron chi connectivity index (χ4n) is 3.97. The first-order chi connectivity index (χ1) is 12.9. The van der Waals surface area contributed by atoms with Crippen LogP contribution in [0.4, 0.5) is 0 Å². The van der Waals surface area contributed by atoms with Crippen molar-refractivity contribution in [3.63, 3.8) is 0 Å². The number of carbonyl (C=O) groups excluding carboxylic acids is 2. The molecule has 2 fully saturated rings. The second kappa shape index (κ2) is 8.39. The van der Waals surface area contributed by atoms with Crippen LogP contribution < -0.4 is 5.48 Å². The number of hydrogen-bond acceptors (Lipinski definition) is 6. The number of aromatic nitrogens is 1. The second-order valence-electron chi connectivity index (χ2n) is 7.98. The van der Waals surface area contributed by atoms with E-state index in [-0.39, 0.29) is 36.8 Å². The number of aliphatic hydroxyl groups is 1. The molecule has 3 rings (SSSR count). The molecule has 1 aliphatic heterocycles. The van der Waals surface area contributed by atoms with Gasteiger partial charge in [-0.05, 0) is 25.7 Å². The molecule has 27 heavy (non-hydrogen) atoms. The summed E-state index contributed by atoms with van der Waals surface area (Å²) >= 11 is 0. The maximum Gasteiger partial charge on any atom is 0.266 e. The smallest absolute Gasteiger partial charge is 0.266 e. The number of amides is 2. The van der Waals surface area contributed by atoms with Crippen LogP contribution in [-0.4, -0.2) is 51.8 Å². The molecule has 2 aliphatic rings. The number of aryl methyl sites for hydroxylation is 1. The summed E-state index contributed by atoms with van der Waals surface area (Å²) in [6.07, 6.45) is 3.55. The fraction of sp³-hybridized carbons (Fsp3) is 0.737. The zero-order valence-corrected chi connectivity index (χ0v) is 16.2. The van der Waals surface area contributed by atoms with Crippen LogP contribution in [0.3, 0.4) is 0 Å². The highest BCUT2D eigenvalue weighted by Gasteiger charge is 2.43. The minimum Gasteiger partial charge on any atom is -0.391 e. The molecular weight excluding hydrogens is 350 g/mol. The van der Waals surface area contributed by atoms with Crippen LogP contribution in [0.1, 0.15) is 63.3 Å². The van der Waals surface area contributed by atoms with E-state index >= 15 is 0 Å². The summed E-state index contributed by atoms with van der Waals surface area (Å²) in [6, 6.07) is 0.993. The molecule has 8 heteroatoms. The minimum atomic E-state index is -0.751. The van der Waals surface area contributed by atoms with Gasteiger partial charge in [-0.1, -0.05) is 31.8 Å². The van der Waals surface area contributed by atoms with Crippen LogP contribution in [-0.2, 0) is 14.4 Å². The number of nitrogens with one attached hydrogen (secondary N) is 1. The number of likely N-dealkylation sites (tertiary alicyclic amines) is 1. The van der Waals surface area contributed by atoms with Crippen molar-refractivity contribution in [2.45, 2.75) is 77.0 Å². The van der Waals surface area contributed by atoms with Crippen LogP contribution in [0.25, 0.3) is 0 Å². The molecule has 1 aromatic heterocycles. The first-order valence-corrected chi connectivity index (χ1v) is 9.74. The van der Waals surface area contributed by atoms with Gasteiger partial charge in [-0.3, -0.25) is 14.4 Å². The number of hydrogen-bond donors (Lipinski definition) is 2. The highest BCUT2D eigenvalue weighted by atomic mass is 16.7. The summed E-state index contributed by atoms with van der Waals surface area (Å²) in [5.74, 6) is -0.736. The van der Waals surface area contributed by atoms with E-state index in [1.807, 2.05) is 13.8 Å². The van der Waals surface area contributed by atoms with Crippen molar-refractivity contribution in [3.05, 3.63) is 17.5 Å². The average molecular weight is 379 g/mol.